The third-order valence-corrected chi connectivity index (χ3v) is 11.4. The molecule has 4 bridgehead atoms. The number of piperazine rings is 1. The number of carbonyl (C=O) groups is 1. The molecule has 1 saturated heterocycles. The van der Waals surface area contributed by atoms with Crippen molar-refractivity contribution in [2.45, 2.75) is 71.1 Å². The van der Waals surface area contributed by atoms with Crippen LogP contribution in [-0.2, 0) is 13.2 Å². The summed E-state index contributed by atoms with van der Waals surface area (Å²) in [7, 11) is 2.18. The maximum atomic E-state index is 14.8. The standard InChI is InChI=1S/C36H45N7O2/c1-23-12-28(22-44)24(2)32(13-23)42-21-29-20-37-34(38-30-4-6-31(7-5-30)41-10-8-40(3)9-11-41)39-33(29)43(35(42)45)36-17-25-14-26(18-36)16-27(15-25)19-36/h4-7,12-13,20,25-27,44H,8-11,14-19,21-22H2,1-3H3,(H,37,38,39). The van der Waals surface area contributed by atoms with Crippen LogP contribution in [0.5, 0.6) is 0 Å². The van der Waals surface area contributed by atoms with Crippen LogP contribution < -0.4 is 20.0 Å². The van der Waals surface area contributed by atoms with E-state index in [1.807, 2.05) is 31.0 Å². The summed E-state index contributed by atoms with van der Waals surface area (Å²) in [6, 6.07) is 12.6. The average Bonchev–Trinajstić information content (AvgIpc) is 3.02. The van der Waals surface area contributed by atoms with Crippen LogP contribution in [0.25, 0.3) is 0 Å². The van der Waals surface area contributed by atoms with Gasteiger partial charge >= 0.3 is 6.03 Å². The van der Waals surface area contributed by atoms with Gasteiger partial charge in [0.05, 0.1) is 18.7 Å². The number of nitrogens with zero attached hydrogens (tertiary/aromatic N) is 6. The molecule has 45 heavy (non-hydrogen) atoms. The quantitative estimate of drug-likeness (QED) is 0.356. The molecule has 9 nitrogen and oxygen atoms in total. The van der Waals surface area contributed by atoms with Crippen LogP contribution in [0.2, 0.25) is 0 Å². The van der Waals surface area contributed by atoms with E-state index >= 15 is 0 Å². The molecule has 4 aliphatic carbocycles. The second-order valence-corrected chi connectivity index (χ2v) is 14.6. The van der Waals surface area contributed by atoms with E-state index in [1.54, 1.807) is 0 Å². The summed E-state index contributed by atoms with van der Waals surface area (Å²) in [4.78, 5) is 33.5. The molecular formula is C36H45N7O2. The maximum Gasteiger partial charge on any atom is 0.331 e. The molecule has 3 aromatic rings. The Hall–Kier alpha value is -3.69. The van der Waals surface area contributed by atoms with Gasteiger partial charge < -0.3 is 20.2 Å². The molecule has 0 spiro atoms. The molecule has 2 amide bonds. The zero-order chi connectivity index (χ0) is 30.9. The Bertz CT molecular complexity index is 1580. The molecule has 2 aliphatic heterocycles. The first-order chi connectivity index (χ1) is 21.8. The molecule has 9 heteroatoms. The van der Waals surface area contributed by atoms with Crippen molar-refractivity contribution in [3.8, 4) is 0 Å². The number of aryl methyl sites for hydroxylation is 1. The molecule has 9 rings (SSSR count). The van der Waals surface area contributed by atoms with Crippen molar-refractivity contribution in [1.29, 1.82) is 0 Å². The lowest BCUT2D eigenvalue weighted by Crippen LogP contribution is -2.65. The number of aliphatic hydroxyl groups is 1. The molecule has 0 atom stereocenters. The van der Waals surface area contributed by atoms with E-state index in [9.17, 15) is 9.90 Å². The number of amides is 2. The first kappa shape index (κ1) is 28.8. The highest BCUT2D eigenvalue weighted by Crippen LogP contribution is 2.59. The highest BCUT2D eigenvalue weighted by atomic mass is 16.3. The summed E-state index contributed by atoms with van der Waals surface area (Å²) in [6.07, 6.45) is 8.96. The second kappa shape index (κ2) is 11.0. The summed E-state index contributed by atoms with van der Waals surface area (Å²) >= 11 is 0. The van der Waals surface area contributed by atoms with E-state index in [2.05, 4.69) is 57.4 Å². The molecular weight excluding hydrogens is 562 g/mol. The van der Waals surface area contributed by atoms with Gasteiger partial charge in [0.1, 0.15) is 5.82 Å². The van der Waals surface area contributed by atoms with Crippen LogP contribution in [0, 0.1) is 31.6 Å². The zero-order valence-corrected chi connectivity index (χ0v) is 26.8. The van der Waals surface area contributed by atoms with Gasteiger partial charge in [0.25, 0.3) is 0 Å². The first-order valence-electron chi connectivity index (χ1n) is 16.8. The minimum absolute atomic E-state index is 0.00298. The molecule has 2 N–H and O–H groups in total. The molecule has 236 valence electrons. The third-order valence-electron chi connectivity index (χ3n) is 11.4. The SMILES string of the molecule is Cc1cc(CO)c(C)c(N2Cc3cnc(Nc4ccc(N5CCN(C)CC5)cc4)nc3N(C34CC5CC(CC(C5)C3)C4)C2=O)c1. The number of fused-ring (bicyclic) bond motifs is 1. The van der Waals surface area contributed by atoms with Gasteiger partial charge in [-0.3, -0.25) is 9.80 Å². The van der Waals surface area contributed by atoms with Crippen LogP contribution in [-0.4, -0.2) is 64.8 Å². The summed E-state index contributed by atoms with van der Waals surface area (Å²) < 4.78 is 0. The number of carbonyl (C=O) groups excluding carboxylic acids is 1. The fraction of sp³-hybridized carbons (Fsp3) is 0.528. The van der Waals surface area contributed by atoms with Gasteiger partial charge in [-0.1, -0.05) is 6.07 Å². The zero-order valence-electron chi connectivity index (χ0n) is 26.8. The van der Waals surface area contributed by atoms with Gasteiger partial charge in [-0.05, 0) is 124 Å². The van der Waals surface area contributed by atoms with Crippen molar-refractivity contribution in [2.75, 3.05) is 53.2 Å². The Labute approximate surface area is 266 Å². The van der Waals surface area contributed by atoms with Crippen LogP contribution in [0.4, 0.5) is 33.6 Å². The van der Waals surface area contributed by atoms with Crippen molar-refractivity contribution < 1.29 is 9.90 Å². The van der Waals surface area contributed by atoms with Crippen LogP contribution in [0.1, 0.15) is 60.8 Å². The van der Waals surface area contributed by atoms with E-state index < -0.39 is 0 Å². The van der Waals surface area contributed by atoms with Crippen LogP contribution in [0.15, 0.2) is 42.6 Å². The summed E-state index contributed by atoms with van der Waals surface area (Å²) in [6.45, 7) is 8.61. The van der Waals surface area contributed by atoms with Gasteiger partial charge in [-0.15, -0.1) is 0 Å². The van der Waals surface area contributed by atoms with Crippen molar-refractivity contribution in [3.63, 3.8) is 0 Å². The van der Waals surface area contributed by atoms with Gasteiger partial charge in [0.2, 0.25) is 5.95 Å². The number of rotatable bonds is 6. The number of aromatic nitrogens is 2. The van der Waals surface area contributed by atoms with E-state index in [0.717, 1.165) is 84.9 Å². The number of likely N-dealkylation sites (N-methyl/N-ethyl adjacent to an activating group) is 1. The Morgan fingerprint density at radius 2 is 1.62 bits per heavy atom. The largest absolute Gasteiger partial charge is 0.392 e. The predicted octanol–water partition coefficient (Wildman–Crippen LogP) is 6.00. The monoisotopic (exact) mass is 607 g/mol. The van der Waals surface area contributed by atoms with Crippen molar-refractivity contribution in [3.05, 3.63) is 64.8 Å². The number of benzene rings is 2. The normalized spacial score (nSPS) is 27.7. The van der Waals surface area contributed by atoms with Gasteiger partial charge in [-0.2, -0.15) is 4.98 Å². The van der Waals surface area contributed by atoms with E-state index in [-0.39, 0.29) is 18.2 Å². The Morgan fingerprint density at radius 1 is 0.956 bits per heavy atom. The molecule has 0 radical (unpaired) electrons. The van der Waals surface area contributed by atoms with Gasteiger partial charge in [-0.25, -0.2) is 9.78 Å². The third kappa shape index (κ3) is 5.04. The number of hydrogen-bond donors (Lipinski definition) is 2. The summed E-state index contributed by atoms with van der Waals surface area (Å²) in [5, 5.41) is 13.5. The minimum Gasteiger partial charge on any atom is -0.392 e. The molecule has 3 heterocycles. The maximum absolute atomic E-state index is 14.8. The highest BCUT2D eigenvalue weighted by molar-refractivity contribution is 6.07. The number of aliphatic hydroxyl groups excluding tert-OH is 1. The molecule has 2 aromatic carbocycles. The lowest BCUT2D eigenvalue weighted by molar-refractivity contribution is -0.000908. The number of nitrogens with one attached hydrogen (secondary N) is 1. The first-order valence-corrected chi connectivity index (χ1v) is 16.8. The van der Waals surface area contributed by atoms with E-state index in [4.69, 9.17) is 9.97 Å². The predicted molar refractivity (Wildman–Crippen MR) is 178 cm³/mol. The van der Waals surface area contributed by atoms with Crippen LogP contribution in [0.3, 0.4) is 0 Å². The number of urea groups is 1. The van der Waals surface area contributed by atoms with E-state index in [0.29, 0.717) is 30.2 Å². The van der Waals surface area contributed by atoms with Gasteiger partial charge in [0.15, 0.2) is 0 Å². The molecule has 6 aliphatic rings. The van der Waals surface area contributed by atoms with Crippen molar-refractivity contribution >= 4 is 34.9 Å². The molecule has 4 saturated carbocycles. The molecule has 0 unspecified atom stereocenters. The Balaban J connectivity index is 1.14. The van der Waals surface area contributed by atoms with Crippen molar-refractivity contribution in [1.82, 2.24) is 14.9 Å². The minimum atomic E-state index is -0.216. The summed E-state index contributed by atoms with van der Waals surface area (Å²) in [5.74, 6) is 3.33. The lowest BCUT2D eigenvalue weighted by atomic mass is 9.52. The topological polar surface area (TPSA) is 88.1 Å². The lowest BCUT2D eigenvalue weighted by Gasteiger charge is -2.61. The van der Waals surface area contributed by atoms with Crippen LogP contribution >= 0.6 is 0 Å². The number of anilines is 5. The summed E-state index contributed by atoms with van der Waals surface area (Å²) in [5.41, 5.74) is 6.63. The fourth-order valence-electron chi connectivity index (χ4n) is 9.47. The average molecular weight is 608 g/mol. The molecule has 1 aromatic heterocycles. The Kier molecular flexibility index (Phi) is 7.02. The number of hydrogen-bond acceptors (Lipinski definition) is 7. The highest BCUT2D eigenvalue weighted by Gasteiger charge is 2.57. The van der Waals surface area contributed by atoms with Crippen molar-refractivity contribution in [2.24, 2.45) is 17.8 Å². The Morgan fingerprint density at radius 3 is 2.27 bits per heavy atom. The fourth-order valence-corrected chi connectivity index (χ4v) is 9.47. The molecule has 5 fully saturated rings. The smallest absolute Gasteiger partial charge is 0.331 e. The van der Waals surface area contributed by atoms with E-state index in [1.165, 1.54) is 24.9 Å². The second-order valence-electron chi connectivity index (χ2n) is 14.6. The van der Waals surface area contributed by atoms with Gasteiger partial charge in [0, 0.05) is 55.0 Å².